The number of hydrogen-bond donors (Lipinski definition) is 1. The molecule has 7 heteroatoms. The van der Waals surface area contributed by atoms with Crippen LogP contribution in [0.4, 0.5) is 10.5 Å². The van der Waals surface area contributed by atoms with Crippen LogP contribution in [0.25, 0.3) is 11.5 Å². The topological polar surface area (TPSA) is 84.2 Å². The molecule has 1 unspecified atom stereocenters. The Morgan fingerprint density at radius 3 is 3.00 bits per heavy atom. The highest BCUT2D eigenvalue weighted by atomic mass is 16.5. The number of carbonyl (C=O) groups excluding carboxylic acids is 1. The number of carbonyl (C=O) groups is 1. The molecule has 2 amide bonds. The molecule has 0 spiro atoms. The van der Waals surface area contributed by atoms with Crippen LogP contribution in [0.15, 0.2) is 47.2 Å². The minimum Gasteiger partial charge on any atom is -0.334 e. The molecule has 1 fully saturated rings. The molecule has 4 rings (SSSR count). The Kier molecular flexibility index (Phi) is 5.55. The van der Waals surface area contributed by atoms with Gasteiger partial charge in [-0.05, 0) is 61.9 Å². The molecule has 0 aliphatic carbocycles. The van der Waals surface area contributed by atoms with Crippen molar-refractivity contribution < 1.29 is 9.32 Å². The lowest BCUT2D eigenvalue weighted by Crippen LogP contribution is -2.33. The number of aromatic nitrogens is 3. The van der Waals surface area contributed by atoms with Crippen molar-refractivity contribution in [2.75, 3.05) is 18.4 Å². The van der Waals surface area contributed by atoms with Gasteiger partial charge in [0, 0.05) is 37.6 Å². The van der Waals surface area contributed by atoms with Gasteiger partial charge in [0.05, 0.1) is 5.56 Å². The van der Waals surface area contributed by atoms with E-state index in [9.17, 15) is 4.79 Å². The average Bonchev–Trinajstić information content (AvgIpc) is 3.40. The highest BCUT2D eigenvalue weighted by Gasteiger charge is 2.26. The molecule has 1 aromatic carbocycles. The van der Waals surface area contributed by atoms with Crippen LogP contribution in [0.1, 0.15) is 29.8 Å². The van der Waals surface area contributed by atoms with Crippen molar-refractivity contribution in [3.63, 3.8) is 0 Å². The standard InChI is InChI=1S/C22H25N5O2/c1-15-5-3-7-19(16(15)2)24-22(28)27-12-10-17(14-27)8-9-20-25-21(29-26-20)18-6-4-11-23-13-18/h3-7,11,13,17H,8-10,12,14H2,1-2H3,(H,24,28). The zero-order valence-corrected chi connectivity index (χ0v) is 16.8. The molecule has 3 aromatic rings. The van der Waals surface area contributed by atoms with Crippen LogP contribution in [0.2, 0.25) is 0 Å². The fraction of sp³-hybridized carbons (Fsp3) is 0.364. The van der Waals surface area contributed by atoms with Crippen molar-refractivity contribution in [1.82, 2.24) is 20.0 Å². The van der Waals surface area contributed by atoms with Crippen LogP contribution in [-0.4, -0.2) is 39.1 Å². The lowest BCUT2D eigenvalue weighted by Gasteiger charge is -2.19. The van der Waals surface area contributed by atoms with Crippen LogP contribution < -0.4 is 5.32 Å². The normalized spacial score (nSPS) is 16.2. The first-order valence-electron chi connectivity index (χ1n) is 9.95. The highest BCUT2D eigenvalue weighted by Crippen LogP contribution is 2.24. The molecule has 1 aliphatic rings. The molecule has 0 saturated carbocycles. The van der Waals surface area contributed by atoms with Gasteiger partial charge in [-0.2, -0.15) is 4.98 Å². The van der Waals surface area contributed by atoms with E-state index in [-0.39, 0.29) is 6.03 Å². The van der Waals surface area contributed by atoms with E-state index in [0.29, 0.717) is 17.6 Å². The summed E-state index contributed by atoms with van der Waals surface area (Å²) in [6.45, 7) is 5.61. The van der Waals surface area contributed by atoms with Gasteiger partial charge in [0.25, 0.3) is 5.89 Å². The van der Waals surface area contributed by atoms with Gasteiger partial charge >= 0.3 is 6.03 Å². The summed E-state index contributed by atoms with van der Waals surface area (Å²) in [5.74, 6) is 1.64. The summed E-state index contributed by atoms with van der Waals surface area (Å²) in [5, 5.41) is 7.12. The van der Waals surface area contributed by atoms with Crippen molar-refractivity contribution in [1.29, 1.82) is 0 Å². The van der Waals surface area contributed by atoms with Crippen LogP contribution in [-0.2, 0) is 6.42 Å². The zero-order chi connectivity index (χ0) is 20.2. The second-order valence-electron chi connectivity index (χ2n) is 7.57. The van der Waals surface area contributed by atoms with E-state index in [2.05, 4.69) is 33.4 Å². The van der Waals surface area contributed by atoms with E-state index in [1.54, 1.807) is 12.4 Å². The number of amides is 2. The van der Waals surface area contributed by atoms with Gasteiger partial charge in [0.15, 0.2) is 5.82 Å². The number of nitrogens with one attached hydrogen (secondary N) is 1. The van der Waals surface area contributed by atoms with Crippen molar-refractivity contribution in [2.24, 2.45) is 5.92 Å². The average molecular weight is 391 g/mol. The van der Waals surface area contributed by atoms with E-state index in [0.717, 1.165) is 49.2 Å². The number of aryl methyl sites for hydroxylation is 2. The molecule has 150 valence electrons. The Morgan fingerprint density at radius 1 is 1.28 bits per heavy atom. The summed E-state index contributed by atoms with van der Waals surface area (Å²) in [5.41, 5.74) is 3.99. The van der Waals surface area contributed by atoms with Crippen LogP contribution >= 0.6 is 0 Å². The molecule has 2 aromatic heterocycles. The first-order valence-corrected chi connectivity index (χ1v) is 9.95. The number of hydrogen-bond acceptors (Lipinski definition) is 5. The first kappa shape index (κ1) is 19.1. The third-order valence-corrected chi connectivity index (χ3v) is 5.57. The number of anilines is 1. The van der Waals surface area contributed by atoms with E-state index < -0.39 is 0 Å². The van der Waals surface area contributed by atoms with Gasteiger partial charge in [0.1, 0.15) is 0 Å². The molecule has 0 radical (unpaired) electrons. The van der Waals surface area contributed by atoms with Crippen molar-refractivity contribution in [3.05, 3.63) is 59.7 Å². The second kappa shape index (κ2) is 8.43. The molecule has 29 heavy (non-hydrogen) atoms. The third kappa shape index (κ3) is 4.45. The third-order valence-electron chi connectivity index (χ3n) is 5.57. The highest BCUT2D eigenvalue weighted by molar-refractivity contribution is 5.90. The molecule has 1 aliphatic heterocycles. The summed E-state index contributed by atoms with van der Waals surface area (Å²) >= 11 is 0. The molecule has 3 heterocycles. The van der Waals surface area contributed by atoms with E-state index in [1.165, 1.54) is 5.56 Å². The molecule has 0 bridgehead atoms. The maximum absolute atomic E-state index is 12.6. The van der Waals surface area contributed by atoms with Crippen LogP contribution in [0, 0.1) is 19.8 Å². The fourth-order valence-corrected chi connectivity index (χ4v) is 3.63. The fourth-order valence-electron chi connectivity index (χ4n) is 3.63. The Bertz CT molecular complexity index is 986. The monoisotopic (exact) mass is 391 g/mol. The predicted octanol–water partition coefficient (Wildman–Crippen LogP) is 4.24. The Morgan fingerprint density at radius 2 is 2.17 bits per heavy atom. The van der Waals surface area contributed by atoms with Crippen molar-refractivity contribution >= 4 is 11.7 Å². The van der Waals surface area contributed by atoms with Crippen molar-refractivity contribution in [2.45, 2.75) is 33.1 Å². The predicted molar refractivity (Wildman–Crippen MR) is 110 cm³/mol. The van der Waals surface area contributed by atoms with E-state index >= 15 is 0 Å². The van der Waals surface area contributed by atoms with Gasteiger partial charge < -0.3 is 14.7 Å². The Labute approximate surface area is 170 Å². The molecule has 1 atom stereocenters. The SMILES string of the molecule is Cc1cccc(NC(=O)N2CCC(CCc3noc(-c4cccnc4)n3)C2)c1C. The zero-order valence-electron chi connectivity index (χ0n) is 16.8. The van der Waals surface area contributed by atoms with E-state index in [1.807, 2.05) is 36.1 Å². The Hall–Kier alpha value is -3.22. The lowest BCUT2D eigenvalue weighted by atomic mass is 10.0. The van der Waals surface area contributed by atoms with Gasteiger partial charge in [-0.15, -0.1) is 0 Å². The molecule has 1 saturated heterocycles. The molecular weight excluding hydrogens is 366 g/mol. The summed E-state index contributed by atoms with van der Waals surface area (Å²) in [6.07, 6.45) is 6.08. The Balaban J connectivity index is 1.28. The van der Waals surface area contributed by atoms with Crippen LogP contribution in [0.5, 0.6) is 0 Å². The van der Waals surface area contributed by atoms with Gasteiger partial charge in [-0.3, -0.25) is 4.98 Å². The number of pyridine rings is 1. The number of urea groups is 1. The number of likely N-dealkylation sites (tertiary alicyclic amines) is 1. The van der Waals surface area contributed by atoms with Crippen molar-refractivity contribution in [3.8, 4) is 11.5 Å². The minimum atomic E-state index is -0.0281. The van der Waals surface area contributed by atoms with Gasteiger partial charge in [-0.25, -0.2) is 4.79 Å². The lowest BCUT2D eigenvalue weighted by molar-refractivity contribution is 0.220. The quantitative estimate of drug-likeness (QED) is 0.703. The molecule has 1 N–H and O–H groups in total. The second-order valence-corrected chi connectivity index (χ2v) is 7.57. The minimum absolute atomic E-state index is 0.0281. The first-order chi connectivity index (χ1) is 14.1. The largest absolute Gasteiger partial charge is 0.334 e. The number of rotatable bonds is 5. The summed E-state index contributed by atoms with van der Waals surface area (Å²) in [7, 11) is 0. The summed E-state index contributed by atoms with van der Waals surface area (Å²) in [6, 6.07) is 9.68. The van der Waals surface area contributed by atoms with E-state index in [4.69, 9.17) is 4.52 Å². The smallest absolute Gasteiger partial charge is 0.321 e. The van der Waals surface area contributed by atoms with Crippen LogP contribution in [0.3, 0.4) is 0 Å². The number of nitrogens with zero attached hydrogens (tertiary/aromatic N) is 4. The van der Waals surface area contributed by atoms with Gasteiger partial charge in [-0.1, -0.05) is 17.3 Å². The van der Waals surface area contributed by atoms with Gasteiger partial charge in [0.2, 0.25) is 0 Å². The maximum Gasteiger partial charge on any atom is 0.321 e. The summed E-state index contributed by atoms with van der Waals surface area (Å²) < 4.78 is 5.34. The summed E-state index contributed by atoms with van der Waals surface area (Å²) in [4.78, 5) is 23.1. The molecule has 7 nitrogen and oxygen atoms in total. The molecular formula is C22H25N5O2. The maximum atomic E-state index is 12.6. The number of benzene rings is 1.